The number of ether oxygens (including phenoxy) is 2. The van der Waals surface area contributed by atoms with Crippen molar-refractivity contribution in [2.75, 3.05) is 25.2 Å². The molecule has 0 aliphatic heterocycles. The van der Waals surface area contributed by atoms with Crippen molar-refractivity contribution in [1.82, 2.24) is 14.8 Å². The minimum absolute atomic E-state index is 0.244. The zero-order valence-electron chi connectivity index (χ0n) is 22.3. The molecule has 5 rings (SSSR count). The number of halogens is 1. The molecule has 0 aliphatic rings. The lowest BCUT2D eigenvalue weighted by Crippen LogP contribution is -2.34. The normalized spacial score (nSPS) is 10.9. The van der Waals surface area contributed by atoms with Crippen LogP contribution in [0.1, 0.15) is 23.0 Å². The van der Waals surface area contributed by atoms with Gasteiger partial charge in [-0.1, -0.05) is 18.2 Å². The lowest BCUT2D eigenvalue weighted by Gasteiger charge is -2.21. The highest BCUT2D eigenvalue weighted by Crippen LogP contribution is 2.30. The molecular weight excluding hydrogens is 511 g/mol. The molecule has 0 radical (unpaired) electrons. The van der Waals surface area contributed by atoms with Crippen molar-refractivity contribution in [3.63, 3.8) is 0 Å². The Morgan fingerprint density at radius 2 is 1.68 bits per heavy atom. The van der Waals surface area contributed by atoms with E-state index in [1.165, 1.54) is 29.2 Å². The van der Waals surface area contributed by atoms with Crippen LogP contribution in [0.3, 0.4) is 0 Å². The Hall–Kier alpha value is -5.05. The Labute approximate surface area is 230 Å². The highest BCUT2D eigenvalue weighted by molar-refractivity contribution is 6.06. The van der Waals surface area contributed by atoms with Crippen molar-refractivity contribution < 1.29 is 23.5 Å². The number of hydrogen-bond donors (Lipinski definition) is 0. The predicted molar refractivity (Wildman–Crippen MR) is 150 cm³/mol. The lowest BCUT2D eigenvalue weighted by atomic mass is 10.1. The molecule has 0 atom stereocenters. The molecule has 0 saturated carbocycles. The van der Waals surface area contributed by atoms with Crippen LogP contribution in [-0.4, -0.2) is 46.9 Å². The summed E-state index contributed by atoms with van der Waals surface area (Å²) in [5.41, 5.74) is 3.91. The molecule has 202 valence electrons. The Morgan fingerprint density at radius 1 is 0.975 bits per heavy atom. The van der Waals surface area contributed by atoms with Gasteiger partial charge in [0.25, 0.3) is 5.91 Å². The van der Waals surface area contributed by atoms with Crippen molar-refractivity contribution >= 4 is 28.6 Å². The molecule has 0 spiro atoms. The number of likely N-dealkylation sites (N-methyl/N-ethyl adjacent to an activating group) is 1. The summed E-state index contributed by atoms with van der Waals surface area (Å²) >= 11 is 0. The Morgan fingerprint density at radius 3 is 2.33 bits per heavy atom. The van der Waals surface area contributed by atoms with Gasteiger partial charge in [-0.25, -0.2) is 18.9 Å². The van der Waals surface area contributed by atoms with Gasteiger partial charge < -0.3 is 14.4 Å². The molecule has 9 heteroatoms. The molecule has 1 amide bonds. The van der Waals surface area contributed by atoms with Crippen molar-refractivity contribution in [1.29, 1.82) is 0 Å². The molecule has 40 heavy (non-hydrogen) atoms. The third kappa shape index (κ3) is 5.26. The predicted octanol–water partition coefficient (Wildman–Crippen LogP) is 5.75. The average molecular weight is 539 g/mol. The van der Waals surface area contributed by atoms with Crippen LogP contribution in [0.15, 0.2) is 84.9 Å². The second-order valence-electron chi connectivity index (χ2n) is 9.01. The molecule has 2 heterocycles. The second kappa shape index (κ2) is 11.4. The smallest absolute Gasteiger partial charge is 0.339 e. The monoisotopic (exact) mass is 538 g/mol. The van der Waals surface area contributed by atoms with Crippen LogP contribution in [0, 0.1) is 12.7 Å². The number of para-hydroxylation sites is 1. The van der Waals surface area contributed by atoms with Crippen molar-refractivity contribution in [2.24, 2.45) is 0 Å². The van der Waals surface area contributed by atoms with E-state index in [4.69, 9.17) is 14.5 Å². The molecule has 0 N–H and O–H groups in total. The van der Waals surface area contributed by atoms with Gasteiger partial charge in [0.15, 0.2) is 12.3 Å². The fraction of sp³-hybridized carbons (Fsp3) is 0.161. The molecule has 5 aromatic rings. The lowest BCUT2D eigenvalue weighted by molar-refractivity contribution is -0.121. The summed E-state index contributed by atoms with van der Waals surface area (Å²) in [6.45, 7) is 3.42. The van der Waals surface area contributed by atoms with Crippen LogP contribution in [0.25, 0.3) is 28.0 Å². The minimum Gasteiger partial charge on any atom is -0.497 e. The summed E-state index contributed by atoms with van der Waals surface area (Å²) < 4.78 is 25.9. The quantitative estimate of drug-likeness (QED) is 0.234. The number of nitrogens with zero attached hydrogens (tertiary/aromatic N) is 4. The van der Waals surface area contributed by atoms with Gasteiger partial charge >= 0.3 is 5.97 Å². The van der Waals surface area contributed by atoms with Crippen molar-refractivity contribution in [3.8, 4) is 22.7 Å². The third-order valence-corrected chi connectivity index (χ3v) is 6.50. The van der Waals surface area contributed by atoms with E-state index in [1.807, 2.05) is 54.6 Å². The maximum Gasteiger partial charge on any atom is 0.339 e. The molecule has 8 nitrogen and oxygen atoms in total. The highest BCUT2D eigenvalue weighted by Gasteiger charge is 2.24. The summed E-state index contributed by atoms with van der Waals surface area (Å²) in [7, 11) is 1.59. The maximum absolute atomic E-state index is 13.5. The molecular formula is C31H27FN4O4. The van der Waals surface area contributed by atoms with Crippen LogP contribution in [0.4, 0.5) is 10.1 Å². The number of methoxy groups -OCH3 is 1. The van der Waals surface area contributed by atoms with Gasteiger partial charge in [-0.05, 0) is 80.6 Å². The Kier molecular flexibility index (Phi) is 7.54. The van der Waals surface area contributed by atoms with Crippen LogP contribution < -0.4 is 9.64 Å². The van der Waals surface area contributed by atoms with E-state index in [1.54, 1.807) is 31.7 Å². The van der Waals surface area contributed by atoms with Crippen LogP contribution in [0.2, 0.25) is 0 Å². The summed E-state index contributed by atoms with van der Waals surface area (Å²) in [5.74, 6) is -0.824. The fourth-order valence-corrected chi connectivity index (χ4v) is 4.52. The molecule has 2 aromatic heterocycles. The number of amides is 1. The van der Waals surface area contributed by atoms with E-state index in [-0.39, 0.29) is 5.56 Å². The SMILES string of the molecule is CCN(C(=O)COC(=O)c1cc(-c2ccc(OC)cc2)nc2c1c(C)nn2-c1ccccc1)c1ccc(F)cc1. The largest absolute Gasteiger partial charge is 0.497 e. The number of fused-ring (bicyclic) bond motifs is 1. The number of anilines is 1. The van der Waals surface area contributed by atoms with Gasteiger partial charge in [0.05, 0.1) is 35.1 Å². The number of aromatic nitrogens is 3. The van der Waals surface area contributed by atoms with E-state index in [2.05, 4.69) is 5.10 Å². The van der Waals surface area contributed by atoms with Gasteiger partial charge in [-0.3, -0.25) is 4.79 Å². The summed E-state index contributed by atoms with van der Waals surface area (Å²) in [6.07, 6.45) is 0. The molecule has 3 aromatic carbocycles. The van der Waals surface area contributed by atoms with Gasteiger partial charge in [-0.15, -0.1) is 0 Å². The van der Waals surface area contributed by atoms with Gasteiger partial charge in [0.1, 0.15) is 11.6 Å². The molecule has 0 bridgehead atoms. The topological polar surface area (TPSA) is 86.6 Å². The van der Waals surface area contributed by atoms with Crippen molar-refractivity contribution in [3.05, 3.63) is 102 Å². The van der Waals surface area contributed by atoms with E-state index >= 15 is 0 Å². The van der Waals surface area contributed by atoms with Crippen LogP contribution >= 0.6 is 0 Å². The second-order valence-corrected chi connectivity index (χ2v) is 9.01. The highest BCUT2D eigenvalue weighted by atomic mass is 19.1. The third-order valence-electron chi connectivity index (χ3n) is 6.50. The molecule has 0 fully saturated rings. The number of carbonyl (C=O) groups excluding carboxylic acids is 2. The number of pyridine rings is 1. The molecule has 0 saturated heterocycles. The van der Waals surface area contributed by atoms with E-state index in [9.17, 15) is 14.0 Å². The molecule has 0 aliphatic carbocycles. The first-order valence-corrected chi connectivity index (χ1v) is 12.7. The number of hydrogen-bond acceptors (Lipinski definition) is 6. The van der Waals surface area contributed by atoms with Crippen molar-refractivity contribution in [2.45, 2.75) is 13.8 Å². The zero-order valence-corrected chi connectivity index (χ0v) is 22.3. The molecule has 0 unspecified atom stereocenters. The average Bonchev–Trinajstić information content (AvgIpc) is 3.33. The van der Waals surface area contributed by atoms with E-state index < -0.39 is 24.3 Å². The first-order valence-electron chi connectivity index (χ1n) is 12.7. The Bertz CT molecular complexity index is 1670. The zero-order chi connectivity index (χ0) is 28.2. The summed E-state index contributed by atoms with van der Waals surface area (Å²) in [4.78, 5) is 32.8. The van der Waals surface area contributed by atoms with E-state index in [0.717, 1.165) is 11.3 Å². The summed E-state index contributed by atoms with van der Waals surface area (Å²) in [5, 5.41) is 5.20. The number of rotatable bonds is 8. The summed E-state index contributed by atoms with van der Waals surface area (Å²) in [6, 6.07) is 24.0. The number of carbonyl (C=O) groups is 2. The number of aryl methyl sites for hydroxylation is 1. The van der Waals surface area contributed by atoms with E-state index in [0.29, 0.717) is 40.4 Å². The van der Waals surface area contributed by atoms with Gasteiger partial charge in [0, 0.05) is 17.8 Å². The standard InChI is InChI=1S/C31H27FN4O4/c1-4-35(23-14-12-22(32)13-15-23)28(37)19-40-31(38)26-18-27(21-10-16-25(39-3)17-11-21)33-30-29(26)20(2)34-36(30)24-8-6-5-7-9-24/h5-18H,4,19H2,1-3H3. The number of esters is 1. The van der Waals surface area contributed by atoms with Crippen LogP contribution in [0.5, 0.6) is 5.75 Å². The number of benzene rings is 3. The first-order chi connectivity index (χ1) is 19.4. The minimum atomic E-state index is -0.679. The fourth-order valence-electron chi connectivity index (χ4n) is 4.52. The van der Waals surface area contributed by atoms with Crippen LogP contribution in [-0.2, 0) is 9.53 Å². The van der Waals surface area contributed by atoms with Gasteiger partial charge in [0.2, 0.25) is 0 Å². The van der Waals surface area contributed by atoms with Gasteiger partial charge in [-0.2, -0.15) is 5.10 Å². The Balaban J connectivity index is 1.52. The maximum atomic E-state index is 13.5. The first kappa shape index (κ1) is 26.6.